The van der Waals surface area contributed by atoms with Crippen LogP contribution in [0, 0.1) is 5.92 Å². The Kier molecular flexibility index (Phi) is 4.83. The van der Waals surface area contributed by atoms with Crippen LogP contribution < -0.4 is 15.0 Å². The molecule has 0 aromatic heterocycles. The van der Waals surface area contributed by atoms with E-state index in [-0.39, 0.29) is 18.4 Å². The van der Waals surface area contributed by atoms with Gasteiger partial charge in [0.1, 0.15) is 5.75 Å². The molecule has 21 heavy (non-hydrogen) atoms. The van der Waals surface area contributed by atoms with Crippen LogP contribution in [-0.4, -0.2) is 31.0 Å². The molecule has 1 aliphatic rings. The van der Waals surface area contributed by atoms with Crippen molar-refractivity contribution in [3.63, 3.8) is 0 Å². The Morgan fingerprint density at radius 1 is 1.38 bits per heavy atom. The average molecular weight is 290 g/mol. The number of hydrogen-bond donors (Lipinski definition) is 1. The third-order valence-electron chi connectivity index (χ3n) is 3.47. The van der Waals surface area contributed by atoms with Crippen LogP contribution in [0.3, 0.4) is 0 Å². The Morgan fingerprint density at radius 2 is 2.10 bits per heavy atom. The van der Waals surface area contributed by atoms with Gasteiger partial charge in [0.05, 0.1) is 12.2 Å². The van der Waals surface area contributed by atoms with E-state index in [0.717, 1.165) is 12.1 Å². The molecule has 114 valence electrons. The van der Waals surface area contributed by atoms with E-state index >= 15 is 0 Å². The minimum atomic E-state index is -0.657. The fourth-order valence-corrected chi connectivity index (χ4v) is 2.27. The highest BCUT2D eigenvalue weighted by molar-refractivity contribution is 5.95. The highest BCUT2D eigenvalue weighted by atomic mass is 16.5. The Bertz CT molecular complexity index is 528. The van der Waals surface area contributed by atoms with E-state index in [0.29, 0.717) is 18.2 Å². The fraction of sp³-hybridized carbons (Fsp3) is 0.500. The second-order valence-corrected chi connectivity index (χ2v) is 5.68. The highest BCUT2D eigenvalue weighted by Gasteiger charge is 2.32. The zero-order valence-corrected chi connectivity index (χ0v) is 12.8. The normalized spacial score (nSPS) is 17.1. The van der Waals surface area contributed by atoms with Gasteiger partial charge < -0.3 is 15.0 Å². The molecule has 1 aromatic carbocycles. The SMILES string of the molecule is CC(=O)N1CC(C(=O)NCCC(C)C)Oc2ccccc21. The lowest BCUT2D eigenvalue weighted by molar-refractivity contribution is -0.128. The number of ether oxygens (including phenoxy) is 1. The van der Waals surface area contributed by atoms with Crippen LogP contribution in [0.15, 0.2) is 24.3 Å². The van der Waals surface area contributed by atoms with Gasteiger partial charge in [-0.1, -0.05) is 26.0 Å². The summed E-state index contributed by atoms with van der Waals surface area (Å²) in [5, 5.41) is 2.87. The maximum atomic E-state index is 12.2. The molecule has 5 heteroatoms. The fourth-order valence-electron chi connectivity index (χ4n) is 2.27. The summed E-state index contributed by atoms with van der Waals surface area (Å²) in [6, 6.07) is 7.28. The molecular weight excluding hydrogens is 268 g/mol. The molecule has 1 unspecified atom stereocenters. The Morgan fingerprint density at radius 3 is 2.76 bits per heavy atom. The minimum Gasteiger partial charge on any atom is -0.477 e. The van der Waals surface area contributed by atoms with Gasteiger partial charge in [-0.3, -0.25) is 9.59 Å². The molecule has 0 saturated heterocycles. The number of carbonyl (C=O) groups is 2. The number of amides is 2. The van der Waals surface area contributed by atoms with Gasteiger partial charge in [0.25, 0.3) is 5.91 Å². The standard InChI is InChI=1S/C16H22N2O3/c1-11(2)8-9-17-16(20)15-10-18(12(3)19)13-6-4-5-7-14(13)21-15/h4-7,11,15H,8-10H2,1-3H3,(H,17,20). The Balaban J connectivity index is 2.07. The second-order valence-electron chi connectivity index (χ2n) is 5.68. The maximum absolute atomic E-state index is 12.2. The molecule has 0 saturated carbocycles. The van der Waals surface area contributed by atoms with Crippen LogP contribution >= 0.6 is 0 Å². The molecule has 1 aliphatic heterocycles. The van der Waals surface area contributed by atoms with Crippen LogP contribution in [0.2, 0.25) is 0 Å². The summed E-state index contributed by atoms with van der Waals surface area (Å²) in [5.74, 6) is 0.845. The van der Waals surface area contributed by atoms with Crippen molar-refractivity contribution in [1.29, 1.82) is 0 Å². The van der Waals surface area contributed by atoms with Crippen LogP contribution in [-0.2, 0) is 9.59 Å². The minimum absolute atomic E-state index is 0.0919. The molecule has 1 atom stereocenters. The number of carbonyl (C=O) groups excluding carboxylic acids is 2. The monoisotopic (exact) mass is 290 g/mol. The smallest absolute Gasteiger partial charge is 0.262 e. The van der Waals surface area contributed by atoms with Crippen LogP contribution in [0.25, 0.3) is 0 Å². The lowest BCUT2D eigenvalue weighted by Gasteiger charge is -2.33. The number of hydrogen-bond acceptors (Lipinski definition) is 3. The number of anilines is 1. The number of benzene rings is 1. The number of rotatable bonds is 4. The molecule has 2 amide bonds. The summed E-state index contributed by atoms with van der Waals surface area (Å²) in [6.45, 7) is 6.59. The molecule has 1 aromatic rings. The summed E-state index contributed by atoms with van der Waals surface area (Å²) in [5.41, 5.74) is 0.719. The summed E-state index contributed by atoms with van der Waals surface area (Å²) in [6.07, 6.45) is 0.266. The van der Waals surface area contributed by atoms with E-state index in [9.17, 15) is 9.59 Å². The van der Waals surface area contributed by atoms with Gasteiger partial charge in [-0.05, 0) is 24.5 Å². The van der Waals surface area contributed by atoms with Crippen molar-refractivity contribution in [2.45, 2.75) is 33.3 Å². The van der Waals surface area contributed by atoms with Crippen molar-refractivity contribution in [1.82, 2.24) is 5.32 Å². The molecule has 0 spiro atoms. The molecule has 1 N–H and O–H groups in total. The quantitative estimate of drug-likeness (QED) is 0.922. The van der Waals surface area contributed by atoms with Gasteiger partial charge in [-0.15, -0.1) is 0 Å². The van der Waals surface area contributed by atoms with Crippen molar-refractivity contribution in [3.8, 4) is 5.75 Å². The predicted molar refractivity (Wildman–Crippen MR) is 81.3 cm³/mol. The maximum Gasteiger partial charge on any atom is 0.262 e. The summed E-state index contributed by atoms with van der Waals surface area (Å²) < 4.78 is 5.73. The van der Waals surface area contributed by atoms with Gasteiger partial charge in [0.2, 0.25) is 5.91 Å². The largest absolute Gasteiger partial charge is 0.477 e. The third-order valence-corrected chi connectivity index (χ3v) is 3.47. The molecular formula is C16H22N2O3. The Hall–Kier alpha value is -2.04. The first-order valence-corrected chi connectivity index (χ1v) is 7.30. The number of nitrogens with one attached hydrogen (secondary N) is 1. The lowest BCUT2D eigenvalue weighted by Crippen LogP contribution is -2.50. The molecule has 0 aliphatic carbocycles. The zero-order chi connectivity index (χ0) is 15.4. The van der Waals surface area contributed by atoms with Crippen LogP contribution in [0.1, 0.15) is 27.2 Å². The average Bonchev–Trinajstić information content (AvgIpc) is 2.45. The number of nitrogens with zero attached hydrogens (tertiary/aromatic N) is 1. The van der Waals surface area contributed by atoms with Crippen molar-refractivity contribution in [3.05, 3.63) is 24.3 Å². The molecule has 0 bridgehead atoms. The van der Waals surface area contributed by atoms with E-state index < -0.39 is 6.10 Å². The summed E-state index contributed by atoms with van der Waals surface area (Å²) >= 11 is 0. The zero-order valence-electron chi connectivity index (χ0n) is 12.8. The van der Waals surface area contributed by atoms with E-state index in [1.165, 1.54) is 6.92 Å². The van der Waals surface area contributed by atoms with Gasteiger partial charge in [-0.2, -0.15) is 0 Å². The lowest BCUT2D eigenvalue weighted by atomic mass is 10.1. The number of para-hydroxylation sites is 2. The molecule has 0 fully saturated rings. The van der Waals surface area contributed by atoms with Crippen molar-refractivity contribution in [2.75, 3.05) is 18.0 Å². The second kappa shape index (κ2) is 6.61. The third kappa shape index (κ3) is 3.74. The van der Waals surface area contributed by atoms with E-state index in [4.69, 9.17) is 4.74 Å². The van der Waals surface area contributed by atoms with Crippen molar-refractivity contribution >= 4 is 17.5 Å². The summed E-state index contributed by atoms with van der Waals surface area (Å²) in [7, 11) is 0. The van der Waals surface area contributed by atoms with Crippen LogP contribution in [0.4, 0.5) is 5.69 Å². The molecule has 1 heterocycles. The summed E-state index contributed by atoms with van der Waals surface area (Å²) in [4.78, 5) is 25.5. The topological polar surface area (TPSA) is 58.6 Å². The van der Waals surface area contributed by atoms with Gasteiger partial charge >= 0.3 is 0 Å². The first kappa shape index (κ1) is 15.4. The number of fused-ring (bicyclic) bond motifs is 1. The van der Waals surface area contributed by atoms with Gasteiger partial charge in [-0.25, -0.2) is 0 Å². The molecule has 5 nitrogen and oxygen atoms in total. The first-order chi connectivity index (χ1) is 9.99. The Labute approximate surface area is 125 Å². The van der Waals surface area contributed by atoms with Crippen LogP contribution in [0.5, 0.6) is 5.75 Å². The van der Waals surface area contributed by atoms with E-state index in [1.54, 1.807) is 11.0 Å². The predicted octanol–water partition coefficient (Wildman–Crippen LogP) is 1.96. The van der Waals surface area contributed by atoms with E-state index in [1.807, 2.05) is 18.2 Å². The van der Waals surface area contributed by atoms with Gasteiger partial charge in [0.15, 0.2) is 6.10 Å². The van der Waals surface area contributed by atoms with Crippen molar-refractivity contribution in [2.24, 2.45) is 5.92 Å². The first-order valence-electron chi connectivity index (χ1n) is 7.30. The molecule has 2 rings (SSSR count). The molecule has 0 radical (unpaired) electrons. The van der Waals surface area contributed by atoms with Crippen molar-refractivity contribution < 1.29 is 14.3 Å². The van der Waals surface area contributed by atoms with E-state index in [2.05, 4.69) is 19.2 Å². The highest BCUT2D eigenvalue weighted by Crippen LogP contribution is 2.33. The van der Waals surface area contributed by atoms with Gasteiger partial charge in [0, 0.05) is 13.5 Å².